The van der Waals surface area contributed by atoms with E-state index in [2.05, 4.69) is 24.0 Å². The summed E-state index contributed by atoms with van der Waals surface area (Å²) in [6.07, 6.45) is -0.175. The Bertz CT molecular complexity index is 439. The van der Waals surface area contributed by atoms with Gasteiger partial charge >= 0.3 is 0 Å². The van der Waals surface area contributed by atoms with Crippen LogP contribution in [-0.4, -0.2) is 53.1 Å². The number of hydrogen-bond donors (Lipinski definition) is 2. The second-order valence-corrected chi connectivity index (χ2v) is 5.41. The van der Waals surface area contributed by atoms with Crippen molar-refractivity contribution in [1.29, 1.82) is 0 Å². The molecule has 2 N–H and O–H groups in total. The lowest BCUT2D eigenvalue weighted by molar-refractivity contribution is 0.0572. The van der Waals surface area contributed by atoms with Gasteiger partial charge in [0.05, 0.1) is 12.2 Å². The molecule has 1 fully saturated rings. The van der Waals surface area contributed by atoms with Crippen LogP contribution in [0.25, 0.3) is 0 Å². The normalized spacial score (nSPS) is 31.4. The largest absolute Gasteiger partial charge is 0.488 e. The average Bonchev–Trinajstić information content (AvgIpc) is 2.82. The highest BCUT2D eigenvalue weighted by molar-refractivity contribution is 5.40. The van der Waals surface area contributed by atoms with Gasteiger partial charge in [0.15, 0.2) is 0 Å². The summed E-state index contributed by atoms with van der Waals surface area (Å²) in [5, 5.41) is 19.0. The number of aryl methyl sites for hydroxylation is 1. The van der Waals surface area contributed by atoms with Crippen molar-refractivity contribution in [2.45, 2.75) is 31.7 Å². The van der Waals surface area contributed by atoms with Gasteiger partial charge in [0, 0.05) is 26.1 Å². The van der Waals surface area contributed by atoms with Crippen LogP contribution in [0.1, 0.15) is 11.1 Å². The zero-order valence-corrected chi connectivity index (χ0v) is 10.5. The first-order valence-electron chi connectivity index (χ1n) is 6.46. The first-order valence-corrected chi connectivity index (χ1v) is 6.46. The van der Waals surface area contributed by atoms with Crippen LogP contribution in [-0.2, 0) is 6.42 Å². The molecule has 4 nitrogen and oxygen atoms in total. The number of hydrogen-bond acceptors (Lipinski definition) is 4. The number of aliphatic hydroxyl groups is 2. The number of fused-ring (bicyclic) bond motifs is 1. The molecule has 2 aliphatic rings. The average molecular weight is 249 g/mol. The molecule has 2 aliphatic heterocycles. The van der Waals surface area contributed by atoms with Crippen LogP contribution in [0.3, 0.4) is 0 Å². The molecule has 0 bridgehead atoms. The van der Waals surface area contributed by atoms with Crippen LogP contribution in [0.2, 0.25) is 0 Å². The molecule has 0 amide bonds. The maximum Gasteiger partial charge on any atom is 0.123 e. The molecule has 18 heavy (non-hydrogen) atoms. The van der Waals surface area contributed by atoms with Crippen LogP contribution < -0.4 is 4.74 Å². The smallest absolute Gasteiger partial charge is 0.123 e. The van der Waals surface area contributed by atoms with Gasteiger partial charge in [-0.1, -0.05) is 17.7 Å². The maximum absolute atomic E-state index is 9.52. The Kier molecular flexibility index (Phi) is 3.01. The van der Waals surface area contributed by atoms with E-state index < -0.39 is 12.2 Å². The van der Waals surface area contributed by atoms with E-state index in [0.717, 1.165) is 18.7 Å². The summed E-state index contributed by atoms with van der Waals surface area (Å²) in [7, 11) is 0. The zero-order valence-electron chi connectivity index (χ0n) is 10.5. The van der Waals surface area contributed by atoms with Gasteiger partial charge in [0.2, 0.25) is 0 Å². The molecule has 0 aromatic heterocycles. The Morgan fingerprint density at radius 1 is 1.28 bits per heavy atom. The minimum atomic E-state index is -0.615. The molecule has 1 saturated heterocycles. The summed E-state index contributed by atoms with van der Waals surface area (Å²) in [5.41, 5.74) is 2.52. The summed E-state index contributed by atoms with van der Waals surface area (Å²) in [6.45, 7) is 3.93. The third-order valence-corrected chi connectivity index (χ3v) is 3.75. The highest BCUT2D eigenvalue weighted by atomic mass is 16.5. The van der Waals surface area contributed by atoms with Gasteiger partial charge in [-0.25, -0.2) is 0 Å². The Balaban J connectivity index is 1.61. The molecule has 0 aliphatic carbocycles. The van der Waals surface area contributed by atoms with Crippen LogP contribution in [0.4, 0.5) is 0 Å². The minimum absolute atomic E-state index is 0.138. The lowest BCUT2D eigenvalue weighted by Gasteiger charge is -2.19. The lowest BCUT2D eigenvalue weighted by Crippen LogP contribution is -2.34. The summed E-state index contributed by atoms with van der Waals surface area (Å²) in [6, 6.07) is 6.26. The fraction of sp³-hybridized carbons (Fsp3) is 0.571. The Labute approximate surface area is 107 Å². The van der Waals surface area contributed by atoms with Gasteiger partial charge in [-0.3, -0.25) is 4.90 Å². The van der Waals surface area contributed by atoms with E-state index >= 15 is 0 Å². The number of rotatable bonds is 2. The first-order chi connectivity index (χ1) is 8.61. The number of benzene rings is 1. The van der Waals surface area contributed by atoms with Gasteiger partial charge in [-0.15, -0.1) is 0 Å². The second kappa shape index (κ2) is 4.53. The van der Waals surface area contributed by atoms with Crippen molar-refractivity contribution in [1.82, 2.24) is 4.90 Å². The molecular formula is C14H19NO3. The monoisotopic (exact) mass is 249 g/mol. The van der Waals surface area contributed by atoms with Crippen LogP contribution in [0.5, 0.6) is 5.75 Å². The molecule has 98 valence electrons. The molecule has 3 rings (SSSR count). The molecule has 0 saturated carbocycles. The first kappa shape index (κ1) is 12.0. The van der Waals surface area contributed by atoms with E-state index in [0.29, 0.717) is 13.1 Å². The van der Waals surface area contributed by atoms with E-state index in [1.54, 1.807) is 0 Å². The molecule has 3 atom stereocenters. The third-order valence-electron chi connectivity index (χ3n) is 3.75. The van der Waals surface area contributed by atoms with Gasteiger partial charge in [-0.2, -0.15) is 0 Å². The van der Waals surface area contributed by atoms with E-state index in [1.165, 1.54) is 11.1 Å². The highest BCUT2D eigenvalue weighted by Gasteiger charge is 2.33. The molecule has 3 unspecified atom stereocenters. The number of aliphatic hydroxyl groups excluding tert-OH is 2. The molecular weight excluding hydrogens is 230 g/mol. The van der Waals surface area contributed by atoms with Crippen molar-refractivity contribution in [3.8, 4) is 5.75 Å². The zero-order chi connectivity index (χ0) is 12.7. The van der Waals surface area contributed by atoms with Gasteiger partial charge in [0.25, 0.3) is 0 Å². The lowest BCUT2D eigenvalue weighted by atomic mass is 10.1. The molecule has 4 heteroatoms. The van der Waals surface area contributed by atoms with E-state index in [9.17, 15) is 10.2 Å². The molecule has 0 radical (unpaired) electrons. The van der Waals surface area contributed by atoms with E-state index in [1.807, 2.05) is 6.07 Å². The molecule has 2 heterocycles. The molecule has 1 aromatic rings. The van der Waals surface area contributed by atoms with Crippen molar-refractivity contribution >= 4 is 0 Å². The summed E-state index contributed by atoms with van der Waals surface area (Å²) in [5.74, 6) is 0.978. The number of likely N-dealkylation sites (tertiary alicyclic amines) is 1. The Morgan fingerprint density at radius 3 is 2.72 bits per heavy atom. The summed E-state index contributed by atoms with van der Waals surface area (Å²) in [4.78, 5) is 2.07. The predicted molar refractivity (Wildman–Crippen MR) is 67.8 cm³/mol. The predicted octanol–water partition coefficient (Wildman–Crippen LogP) is 0.336. The van der Waals surface area contributed by atoms with E-state index in [4.69, 9.17) is 4.74 Å². The SMILES string of the molecule is Cc1ccc2c(c1)CC(CN1CC(O)C(O)C1)O2. The maximum atomic E-state index is 9.52. The van der Waals surface area contributed by atoms with Crippen molar-refractivity contribution in [3.63, 3.8) is 0 Å². The number of β-amino-alcohol motifs (C(OH)–C–C–N with tert-alkyl or cyclic N) is 2. The Hall–Kier alpha value is -1.10. The molecule has 0 spiro atoms. The third kappa shape index (κ3) is 2.23. The topological polar surface area (TPSA) is 52.9 Å². The van der Waals surface area contributed by atoms with Crippen molar-refractivity contribution in [2.24, 2.45) is 0 Å². The second-order valence-electron chi connectivity index (χ2n) is 5.41. The van der Waals surface area contributed by atoms with E-state index in [-0.39, 0.29) is 6.10 Å². The van der Waals surface area contributed by atoms with Gasteiger partial charge in [-0.05, 0) is 18.6 Å². The number of nitrogens with zero attached hydrogens (tertiary/aromatic N) is 1. The minimum Gasteiger partial charge on any atom is -0.488 e. The van der Waals surface area contributed by atoms with Gasteiger partial charge in [0.1, 0.15) is 11.9 Å². The molecule has 1 aromatic carbocycles. The van der Waals surface area contributed by atoms with Crippen LogP contribution in [0.15, 0.2) is 18.2 Å². The Morgan fingerprint density at radius 2 is 2.00 bits per heavy atom. The standard InChI is InChI=1S/C14H19NO3/c1-9-2-3-14-10(4-9)5-11(18-14)6-15-7-12(16)13(17)8-15/h2-4,11-13,16-17H,5-8H2,1H3. The number of ether oxygens (including phenoxy) is 1. The van der Waals surface area contributed by atoms with Crippen molar-refractivity contribution in [2.75, 3.05) is 19.6 Å². The fourth-order valence-corrected chi connectivity index (χ4v) is 2.84. The fourth-order valence-electron chi connectivity index (χ4n) is 2.84. The quantitative estimate of drug-likeness (QED) is 0.793. The van der Waals surface area contributed by atoms with Crippen molar-refractivity contribution in [3.05, 3.63) is 29.3 Å². The van der Waals surface area contributed by atoms with Gasteiger partial charge < -0.3 is 14.9 Å². The van der Waals surface area contributed by atoms with Crippen molar-refractivity contribution < 1.29 is 14.9 Å². The van der Waals surface area contributed by atoms with Crippen LogP contribution in [0, 0.1) is 6.92 Å². The summed E-state index contributed by atoms with van der Waals surface area (Å²) < 4.78 is 5.89. The summed E-state index contributed by atoms with van der Waals surface area (Å²) >= 11 is 0. The van der Waals surface area contributed by atoms with Crippen LogP contribution >= 0.6 is 0 Å². The highest BCUT2D eigenvalue weighted by Crippen LogP contribution is 2.30.